The second kappa shape index (κ2) is 8.40. The number of amides is 1. The number of benzene rings is 1. The quantitative estimate of drug-likeness (QED) is 0.460. The van der Waals surface area contributed by atoms with Crippen LogP contribution in [0.5, 0.6) is 5.75 Å². The average molecular weight is 407 g/mol. The zero-order valence-electron chi connectivity index (χ0n) is 16.3. The molecular formula is C21H21N5O2S. The standard InChI is InChI=1S/C21H21N5O2S/c1-3-26-18(10-12-23-26)20(27)25(14-15-7-5-6-11-22-15)21-24-17-9-8-16(28-4-2)13-19(17)29-21/h5-13H,3-4,14H2,1-2H3. The number of rotatable bonds is 7. The van der Waals surface area contributed by atoms with Gasteiger partial charge in [-0.2, -0.15) is 5.10 Å². The van der Waals surface area contributed by atoms with E-state index in [0.29, 0.717) is 30.5 Å². The summed E-state index contributed by atoms with van der Waals surface area (Å²) in [4.78, 5) is 24.2. The lowest BCUT2D eigenvalue weighted by Crippen LogP contribution is -2.32. The molecule has 0 bridgehead atoms. The largest absolute Gasteiger partial charge is 0.494 e. The maximum Gasteiger partial charge on any atom is 0.278 e. The van der Waals surface area contributed by atoms with Crippen LogP contribution in [0.3, 0.4) is 0 Å². The first kappa shape index (κ1) is 19.1. The van der Waals surface area contributed by atoms with E-state index in [-0.39, 0.29) is 5.91 Å². The van der Waals surface area contributed by atoms with Crippen LogP contribution in [-0.2, 0) is 13.1 Å². The normalized spacial score (nSPS) is 11.0. The Balaban J connectivity index is 1.75. The highest BCUT2D eigenvalue weighted by molar-refractivity contribution is 7.22. The Labute approximate surface area is 172 Å². The van der Waals surface area contributed by atoms with Crippen LogP contribution in [-0.4, -0.2) is 32.3 Å². The van der Waals surface area contributed by atoms with Crippen molar-refractivity contribution < 1.29 is 9.53 Å². The van der Waals surface area contributed by atoms with Crippen LogP contribution in [0.2, 0.25) is 0 Å². The van der Waals surface area contributed by atoms with E-state index >= 15 is 0 Å². The maximum absolute atomic E-state index is 13.4. The lowest BCUT2D eigenvalue weighted by atomic mass is 10.3. The van der Waals surface area contributed by atoms with Crippen molar-refractivity contribution in [3.05, 3.63) is 66.2 Å². The highest BCUT2D eigenvalue weighted by Crippen LogP contribution is 2.33. The van der Waals surface area contributed by atoms with Gasteiger partial charge in [-0.1, -0.05) is 17.4 Å². The highest BCUT2D eigenvalue weighted by atomic mass is 32.1. The van der Waals surface area contributed by atoms with Gasteiger partial charge in [-0.25, -0.2) is 4.98 Å². The number of carbonyl (C=O) groups is 1. The molecule has 0 saturated carbocycles. The van der Waals surface area contributed by atoms with Crippen molar-refractivity contribution >= 4 is 32.6 Å². The zero-order chi connectivity index (χ0) is 20.2. The monoisotopic (exact) mass is 407 g/mol. The molecule has 8 heteroatoms. The van der Waals surface area contributed by atoms with Crippen LogP contribution in [0.15, 0.2) is 54.9 Å². The summed E-state index contributed by atoms with van der Waals surface area (Å²) in [6.45, 7) is 5.45. The van der Waals surface area contributed by atoms with E-state index < -0.39 is 0 Å². The molecule has 4 aromatic rings. The van der Waals surface area contributed by atoms with Crippen LogP contribution < -0.4 is 9.64 Å². The SMILES string of the molecule is CCOc1ccc2nc(N(Cc3ccccn3)C(=O)c3ccnn3CC)sc2c1. The summed E-state index contributed by atoms with van der Waals surface area (Å²) >= 11 is 1.46. The van der Waals surface area contributed by atoms with Gasteiger partial charge in [0.2, 0.25) is 0 Å². The molecule has 0 unspecified atom stereocenters. The Morgan fingerprint density at radius 2 is 2.07 bits per heavy atom. The van der Waals surface area contributed by atoms with Crippen molar-refractivity contribution in [2.75, 3.05) is 11.5 Å². The number of nitrogens with zero attached hydrogens (tertiary/aromatic N) is 5. The molecule has 7 nitrogen and oxygen atoms in total. The van der Waals surface area contributed by atoms with E-state index in [1.165, 1.54) is 11.3 Å². The fourth-order valence-corrected chi connectivity index (χ4v) is 4.04. The third kappa shape index (κ3) is 3.97. The van der Waals surface area contributed by atoms with Gasteiger partial charge < -0.3 is 4.74 Å². The second-order valence-corrected chi connectivity index (χ2v) is 7.31. The van der Waals surface area contributed by atoms with E-state index in [1.54, 1.807) is 28.0 Å². The van der Waals surface area contributed by atoms with Gasteiger partial charge in [-0.3, -0.25) is 19.4 Å². The minimum absolute atomic E-state index is 0.154. The van der Waals surface area contributed by atoms with Gasteiger partial charge in [0.05, 0.1) is 29.1 Å². The molecule has 0 radical (unpaired) electrons. The zero-order valence-corrected chi connectivity index (χ0v) is 17.1. The van der Waals surface area contributed by atoms with Crippen LogP contribution >= 0.6 is 11.3 Å². The molecule has 0 aliphatic heterocycles. The third-order valence-electron chi connectivity index (χ3n) is 4.42. The molecule has 1 amide bonds. The van der Waals surface area contributed by atoms with Crippen LogP contribution in [0.4, 0.5) is 5.13 Å². The van der Waals surface area contributed by atoms with E-state index in [0.717, 1.165) is 21.7 Å². The Bertz CT molecular complexity index is 1120. The molecule has 0 atom stereocenters. The number of pyridine rings is 1. The number of anilines is 1. The lowest BCUT2D eigenvalue weighted by Gasteiger charge is -2.19. The van der Waals surface area contributed by atoms with Crippen molar-refractivity contribution in [1.82, 2.24) is 19.7 Å². The molecular weight excluding hydrogens is 386 g/mol. The molecule has 1 aromatic carbocycles. The number of ether oxygens (including phenoxy) is 1. The van der Waals surface area contributed by atoms with Crippen molar-refractivity contribution in [3.8, 4) is 5.75 Å². The number of aryl methyl sites for hydroxylation is 1. The minimum Gasteiger partial charge on any atom is -0.494 e. The van der Waals surface area contributed by atoms with Gasteiger partial charge in [-0.15, -0.1) is 0 Å². The lowest BCUT2D eigenvalue weighted by molar-refractivity contribution is 0.0974. The summed E-state index contributed by atoms with van der Waals surface area (Å²) in [5.41, 5.74) is 2.15. The van der Waals surface area contributed by atoms with E-state index in [9.17, 15) is 4.79 Å². The van der Waals surface area contributed by atoms with Crippen molar-refractivity contribution in [1.29, 1.82) is 0 Å². The molecule has 3 aromatic heterocycles. The number of aromatic nitrogens is 4. The van der Waals surface area contributed by atoms with Gasteiger partial charge in [0.1, 0.15) is 11.4 Å². The number of fused-ring (bicyclic) bond motifs is 1. The molecule has 0 fully saturated rings. The Morgan fingerprint density at radius 3 is 2.83 bits per heavy atom. The molecule has 0 saturated heterocycles. The summed E-state index contributed by atoms with van der Waals surface area (Å²) in [7, 11) is 0. The Hall–Kier alpha value is -3.26. The maximum atomic E-state index is 13.4. The molecule has 4 rings (SSSR count). The smallest absolute Gasteiger partial charge is 0.278 e. The number of hydrogen-bond donors (Lipinski definition) is 0. The fraction of sp³-hybridized carbons (Fsp3) is 0.238. The number of carbonyl (C=O) groups excluding carboxylic acids is 1. The summed E-state index contributed by atoms with van der Waals surface area (Å²) in [6.07, 6.45) is 3.36. The van der Waals surface area contributed by atoms with E-state index in [4.69, 9.17) is 9.72 Å². The van der Waals surface area contributed by atoms with Crippen molar-refractivity contribution in [2.24, 2.45) is 0 Å². The Kier molecular flexibility index (Phi) is 5.53. The van der Waals surface area contributed by atoms with Crippen LogP contribution in [0, 0.1) is 0 Å². The summed E-state index contributed by atoms with van der Waals surface area (Å²) in [5.74, 6) is 0.640. The van der Waals surface area contributed by atoms with Crippen molar-refractivity contribution in [2.45, 2.75) is 26.9 Å². The molecule has 29 heavy (non-hydrogen) atoms. The van der Waals surface area contributed by atoms with Gasteiger partial charge in [0.25, 0.3) is 5.91 Å². The van der Waals surface area contributed by atoms with Crippen LogP contribution in [0.1, 0.15) is 30.0 Å². The Morgan fingerprint density at radius 1 is 1.17 bits per heavy atom. The van der Waals surface area contributed by atoms with E-state index in [2.05, 4.69) is 10.1 Å². The molecule has 0 spiro atoms. The first-order valence-electron chi connectivity index (χ1n) is 9.46. The first-order chi connectivity index (χ1) is 14.2. The highest BCUT2D eigenvalue weighted by Gasteiger charge is 2.24. The molecule has 0 aliphatic rings. The summed E-state index contributed by atoms with van der Waals surface area (Å²) in [5, 5.41) is 4.85. The molecule has 0 aliphatic carbocycles. The molecule has 0 N–H and O–H groups in total. The summed E-state index contributed by atoms with van der Waals surface area (Å²) < 4.78 is 8.25. The van der Waals surface area contributed by atoms with Gasteiger partial charge in [0.15, 0.2) is 5.13 Å². The molecule has 148 valence electrons. The van der Waals surface area contributed by atoms with Gasteiger partial charge in [-0.05, 0) is 50.2 Å². The molecule has 3 heterocycles. The predicted molar refractivity (Wildman–Crippen MR) is 113 cm³/mol. The first-order valence-corrected chi connectivity index (χ1v) is 10.3. The third-order valence-corrected chi connectivity index (χ3v) is 5.46. The topological polar surface area (TPSA) is 73.1 Å². The predicted octanol–water partition coefficient (Wildman–Crippen LogP) is 4.15. The number of hydrogen-bond acceptors (Lipinski definition) is 6. The van der Waals surface area contributed by atoms with Gasteiger partial charge >= 0.3 is 0 Å². The fourth-order valence-electron chi connectivity index (χ4n) is 3.05. The minimum atomic E-state index is -0.154. The van der Waals surface area contributed by atoms with Crippen LogP contribution in [0.25, 0.3) is 10.2 Å². The van der Waals surface area contributed by atoms with Gasteiger partial charge in [0, 0.05) is 18.9 Å². The number of thiazole rings is 1. The average Bonchev–Trinajstić information content (AvgIpc) is 3.39. The second-order valence-electron chi connectivity index (χ2n) is 6.30. The summed E-state index contributed by atoms with van der Waals surface area (Å²) in [6, 6.07) is 13.2. The van der Waals surface area contributed by atoms with Crippen molar-refractivity contribution in [3.63, 3.8) is 0 Å². The van der Waals surface area contributed by atoms with E-state index in [1.807, 2.05) is 50.2 Å².